The van der Waals surface area contributed by atoms with Crippen molar-refractivity contribution in [1.29, 1.82) is 0 Å². The number of hydrogen-bond donors (Lipinski definition) is 2. The van der Waals surface area contributed by atoms with Crippen molar-refractivity contribution in [3.05, 3.63) is 88.5 Å². The number of carbonyl (C=O) groups is 4. The second kappa shape index (κ2) is 18.6. The highest BCUT2D eigenvalue weighted by Gasteiger charge is 2.23. The average molecular weight is 771 g/mol. The molecule has 0 radical (unpaired) electrons. The summed E-state index contributed by atoms with van der Waals surface area (Å²) in [6.45, 7) is 2.43. The van der Waals surface area contributed by atoms with Crippen LogP contribution < -0.4 is 33.9 Å². The van der Waals surface area contributed by atoms with Crippen LogP contribution in [0.25, 0.3) is 0 Å². The van der Waals surface area contributed by atoms with Crippen LogP contribution in [-0.4, -0.2) is 73.4 Å². The Bertz CT molecular complexity index is 1990. The Balaban J connectivity index is 1.39. The number of nitrogens with zero attached hydrogens (tertiary/aromatic N) is 2. The maximum atomic E-state index is 13.2. The van der Waals surface area contributed by atoms with E-state index in [1.165, 1.54) is 27.7 Å². The molecule has 4 amide bonds. The Kier molecular flexibility index (Phi) is 13.7. The molecule has 54 heavy (non-hydrogen) atoms. The van der Waals surface area contributed by atoms with Crippen LogP contribution in [-0.2, 0) is 45.4 Å². The van der Waals surface area contributed by atoms with E-state index in [9.17, 15) is 38.4 Å². The Morgan fingerprint density at radius 1 is 0.444 bits per heavy atom. The second-order valence-electron chi connectivity index (χ2n) is 10.8. The van der Waals surface area contributed by atoms with Gasteiger partial charge < -0.3 is 74.7 Å². The summed E-state index contributed by atoms with van der Waals surface area (Å²) in [4.78, 5) is 98.3. The maximum Gasteiger partial charge on any atom is 0.519 e. The zero-order valence-corrected chi connectivity index (χ0v) is 29.1. The number of hydrogen-bond acceptors (Lipinski definition) is 20. The number of nitrogens with one attached hydrogen (secondary N) is 2. The molecular weight excluding hydrogens is 736 g/mol. The van der Waals surface area contributed by atoms with Gasteiger partial charge in [0.05, 0.1) is 0 Å². The molecule has 294 valence electrons. The number of carbonyl (C=O) groups excluding carboxylic acids is 4. The molecule has 4 heterocycles. The number of aryl methyl sites for hydroxylation is 4. The van der Waals surface area contributed by atoms with E-state index in [2.05, 4.69) is 10.6 Å². The van der Waals surface area contributed by atoms with E-state index in [4.69, 9.17) is 54.3 Å². The quantitative estimate of drug-likeness (QED) is 0.144. The minimum atomic E-state index is -1.01. The fourth-order valence-electron chi connectivity index (χ4n) is 4.24. The van der Waals surface area contributed by atoms with Crippen LogP contribution in [0.3, 0.4) is 0 Å². The maximum absolute atomic E-state index is 13.2. The summed E-state index contributed by atoms with van der Waals surface area (Å²) >= 11 is 0. The number of amides is 4. The largest absolute Gasteiger partial charge is 0.519 e. The van der Waals surface area contributed by atoms with E-state index >= 15 is 0 Å². The van der Waals surface area contributed by atoms with E-state index < -0.39 is 74.1 Å². The van der Waals surface area contributed by atoms with E-state index in [0.29, 0.717) is 0 Å². The van der Waals surface area contributed by atoms with Gasteiger partial charge in [0.1, 0.15) is 0 Å². The van der Waals surface area contributed by atoms with Gasteiger partial charge in [-0.25, -0.2) is 38.4 Å². The SMILES string of the molecule is Cc1oc(=O)oc1COC(=O)NCCN(CCN(CCNC(=O)OCc1oc(=O)oc1C)C(=O)OCc1oc(=O)oc1C)C(=O)OCc1oc(=O)oc1C. The molecule has 4 aromatic heterocycles. The summed E-state index contributed by atoms with van der Waals surface area (Å²) in [5.41, 5.74) is 0. The summed E-state index contributed by atoms with van der Waals surface area (Å²) in [5, 5.41) is 4.81. The first-order valence-corrected chi connectivity index (χ1v) is 15.7. The van der Waals surface area contributed by atoms with Crippen LogP contribution in [0.1, 0.15) is 46.1 Å². The van der Waals surface area contributed by atoms with Gasteiger partial charge in [0, 0.05) is 39.3 Å². The van der Waals surface area contributed by atoms with Crippen molar-refractivity contribution in [1.82, 2.24) is 20.4 Å². The molecule has 0 aliphatic carbocycles. The van der Waals surface area contributed by atoms with Crippen LogP contribution in [0, 0.1) is 27.7 Å². The van der Waals surface area contributed by atoms with Crippen LogP contribution in [0.4, 0.5) is 19.2 Å². The minimum Gasteiger partial charge on any atom is -0.441 e. The lowest BCUT2D eigenvalue weighted by molar-refractivity contribution is 0.0722. The van der Waals surface area contributed by atoms with Crippen molar-refractivity contribution in [2.45, 2.75) is 54.1 Å². The van der Waals surface area contributed by atoms with Crippen LogP contribution >= 0.6 is 0 Å². The standard InChI is InChI=1S/C30H34N4O20/c1-15-19(51-27(39)47-15)11-43-23(35)31-5-7-33(25(37)45-13-21-17(3)49-29(41)53-21)9-10-34(26(38)46-14-22-18(4)50-30(42)54-22)8-6-32-24(36)44-12-20-16(2)48-28(40)52-20/h5-14H2,1-4H3,(H,31,35)(H,32,36). The highest BCUT2D eigenvalue weighted by molar-refractivity contribution is 5.70. The average Bonchev–Trinajstić information content (AvgIpc) is 3.83. The van der Waals surface area contributed by atoms with Crippen molar-refractivity contribution < 1.29 is 73.5 Å². The zero-order valence-electron chi connectivity index (χ0n) is 29.1. The van der Waals surface area contributed by atoms with Gasteiger partial charge in [-0.15, -0.1) is 0 Å². The van der Waals surface area contributed by atoms with Crippen LogP contribution in [0.2, 0.25) is 0 Å². The van der Waals surface area contributed by atoms with Crippen molar-refractivity contribution in [2.24, 2.45) is 0 Å². The molecule has 0 saturated heterocycles. The molecule has 0 fully saturated rings. The highest BCUT2D eigenvalue weighted by Crippen LogP contribution is 2.11. The number of rotatable bonds is 17. The molecule has 0 aromatic carbocycles. The van der Waals surface area contributed by atoms with Crippen molar-refractivity contribution >= 4 is 24.4 Å². The molecule has 0 saturated carbocycles. The normalized spacial score (nSPS) is 10.8. The lowest BCUT2D eigenvalue weighted by Crippen LogP contribution is -2.46. The van der Waals surface area contributed by atoms with Crippen LogP contribution in [0.15, 0.2) is 54.5 Å². The molecule has 0 bridgehead atoms. The first-order valence-electron chi connectivity index (χ1n) is 15.7. The molecule has 0 atom stereocenters. The predicted molar refractivity (Wildman–Crippen MR) is 168 cm³/mol. The second-order valence-corrected chi connectivity index (χ2v) is 10.8. The lowest BCUT2D eigenvalue weighted by atomic mass is 10.4. The van der Waals surface area contributed by atoms with Crippen molar-refractivity contribution in [2.75, 3.05) is 39.3 Å². The third kappa shape index (κ3) is 11.8. The first-order chi connectivity index (χ1) is 25.7. The van der Waals surface area contributed by atoms with E-state index in [-0.39, 0.29) is 85.4 Å². The summed E-state index contributed by atoms with van der Waals surface area (Å²) < 4.78 is 58.7. The minimum absolute atomic E-state index is 0.0113. The topological polar surface area (TPSA) is 309 Å². The van der Waals surface area contributed by atoms with Gasteiger partial charge in [-0.1, -0.05) is 0 Å². The molecule has 24 nitrogen and oxygen atoms in total. The molecule has 4 aromatic rings. The Morgan fingerprint density at radius 3 is 0.981 bits per heavy atom. The Morgan fingerprint density at radius 2 is 0.722 bits per heavy atom. The Hall–Kier alpha value is -6.88. The summed E-state index contributed by atoms with van der Waals surface area (Å²) in [6.07, 6.45) is -3.85. The van der Waals surface area contributed by atoms with Crippen LogP contribution in [0.5, 0.6) is 0 Å². The van der Waals surface area contributed by atoms with E-state index in [0.717, 1.165) is 9.80 Å². The lowest BCUT2D eigenvalue weighted by Gasteiger charge is -2.27. The fourth-order valence-corrected chi connectivity index (χ4v) is 4.24. The Labute approximate surface area is 300 Å². The molecule has 0 unspecified atom stereocenters. The molecule has 24 heteroatoms. The molecule has 0 aliphatic heterocycles. The summed E-state index contributed by atoms with van der Waals surface area (Å²) in [6, 6.07) is 0. The van der Waals surface area contributed by atoms with Crippen molar-refractivity contribution in [3.8, 4) is 0 Å². The van der Waals surface area contributed by atoms with E-state index in [1.54, 1.807) is 0 Å². The van der Waals surface area contributed by atoms with Gasteiger partial charge >= 0.3 is 47.7 Å². The molecular formula is C30H34N4O20. The zero-order chi connectivity index (χ0) is 39.4. The molecule has 0 spiro atoms. The predicted octanol–water partition coefficient (Wildman–Crippen LogP) is 1.54. The third-order valence-electron chi connectivity index (χ3n) is 7.12. The van der Waals surface area contributed by atoms with Gasteiger partial charge in [0.25, 0.3) is 0 Å². The van der Waals surface area contributed by atoms with Gasteiger partial charge in [0.2, 0.25) is 0 Å². The van der Waals surface area contributed by atoms with Crippen molar-refractivity contribution in [3.63, 3.8) is 0 Å². The third-order valence-corrected chi connectivity index (χ3v) is 7.12. The fraction of sp³-hybridized carbons (Fsp3) is 0.467. The van der Waals surface area contributed by atoms with Gasteiger partial charge in [0.15, 0.2) is 72.5 Å². The molecule has 2 N–H and O–H groups in total. The molecule has 0 aliphatic rings. The first kappa shape index (κ1) is 39.9. The summed E-state index contributed by atoms with van der Waals surface area (Å²) in [7, 11) is 0. The monoisotopic (exact) mass is 770 g/mol. The number of alkyl carbamates (subject to hydrolysis) is 2. The molecule has 4 rings (SSSR count). The van der Waals surface area contributed by atoms with Gasteiger partial charge in [-0.05, 0) is 27.7 Å². The van der Waals surface area contributed by atoms with Gasteiger partial charge in [-0.2, -0.15) is 0 Å². The van der Waals surface area contributed by atoms with Gasteiger partial charge in [-0.3, -0.25) is 0 Å². The van der Waals surface area contributed by atoms with E-state index in [1.807, 2.05) is 0 Å². The smallest absolute Gasteiger partial charge is 0.441 e. The highest BCUT2D eigenvalue weighted by atomic mass is 16.6. The summed E-state index contributed by atoms with van der Waals surface area (Å²) in [5.74, 6) is -3.75. The number of ether oxygens (including phenoxy) is 4.